The van der Waals surface area contributed by atoms with Gasteiger partial charge in [-0.25, -0.2) is 26.3 Å². The molecule has 0 fully saturated rings. The zero-order valence-corrected chi connectivity index (χ0v) is 18.4. The predicted molar refractivity (Wildman–Crippen MR) is 114 cm³/mol. The fourth-order valence-corrected chi connectivity index (χ4v) is 3.86. The van der Waals surface area contributed by atoms with Crippen molar-refractivity contribution in [3.8, 4) is 5.75 Å². The van der Waals surface area contributed by atoms with Crippen LogP contribution in [0.5, 0.6) is 5.75 Å². The van der Waals surface area contributed by atoms with Crippen molar-refractivity contribution in [2.75, 3.05) is 7.11 Å². The molecule has 3 aromatic carbocycles. The number of methoxy groups -OCH3 is 1. The summed E-state index contributed by atoms with van der Waals surface area (Å²) in [6.07, 6.45) is 1.20. The van der Waals surface area contributed by atoms with Gasteiger partial charge in [-0.3, -0.25) is 0 Å². The van der Waals surface area contributed by atoms with Crippen LogP contribution in [-0.4, -0.2) is 7.11 Å². The Morgan fingerprint density at radius 3 is 1.18 bits per heavy atom. The Hall–Kier alpha value is -2.96. The SMILES string of the molecule is CCCc1cc(F)c(CCc2cc(F)c(CCc3cc(F)c(OC)c(F)c3)c(F)c2)c(F)c1. The summed E-state index contributed by atoms with van der Waals surface area (Å²) in [7, 11) is 1.14. The number of hydrogen-bond donors (Lipinski definition) is 0. The van der Waals surface area contributed by atoms with E-state index in [1.165, 1.54) is 12.1 Å². The van der Waals surface area contributed by atoms with E-state index in [4.69, 9.17) is 0 Å². The Labute approximate surface area is 189 Å². The summed E-state index contributed by atoms with van der Waals surface area (Å²) in [4.78, 5) is 0. The third-order valence-corrected chi connectivity index (χ3v) is 5.53. The lowest BCUT2D eigenvalue weighted by Gasteiger charge is -2.11. The lowest BCUT2D eigenvalue weighted by molar-refractivity contribution is 0.359. The predicted octanol–water partition coefficient (Wildman–Crippen LogP) is 7.05. The number of halogens is 6. The van der Waals surface area contributed by atoms with Gasteiger partial charge in [-0.15, -0.1) is 0 Å². The first-order valence-corrected chi connectivity index (χ1v) is 10.7. The van der Waals surface area contributed by atoms with Crippen LogP contribution in [0.3, 0.4) is 0 Å². The highest BCUT2D eigenvalue weighted by molar-refractivity contribution is 5.33. The number of rotatable bonds is 9. The van der Waals surface area contributed by atoms with Gasteiger partial charge in [0.05, 0.1) is 7.11 Å². The minimum atomic E-state index is -0.897. The van der Waals surface area contributed by atoms with Crippen LogP contribution in [0.15, 0.2) is 36.4 Å². The van der Waals surface area contributed by atoms with E-state index in [9.17, 15) is 26.3 Å². The van der Waals surface area contributed by atoms with Crippen molar-refractivity contribution in [3.05, 3.63) is 99.1 Å². The van der Waals surface area contributed by atoms with Gasteiger partial charge in [-0.05, 0) is 85.2 Å². The Kier molecular flexibility index (Phi) is 8.06. The first-order chi connectivity index (χ1) is 15.7. The van der Waals surface area contributed by atoms with Crippen LogP contribution < -0.4 is 4.74 Å². The van der Waals surface area contributed by atoms with E-state index in [0.29, 0.717) is 12.0 Å². The number of ether oxygens (including phenoxy) is 1. The molecule has 0 saturated heterocycles. The van der Waals surface area contributed by atoms with Crippen LogP contribution in [-0.2, 0) is 32.1 Å². The van der Waals surface area contributed by atoms with Gasteiger partial charge in [-0.1, -0.05) is 13.3 Å². The summed E-state index contributed by atoms with van der Waals surface area (Å²) in [5, 5.41) is 0. The molecule has 3 aromatic rings. The third kappa shape index (κ3) is 5.89. The first-order valence-electron chi connectivity index (χ1n) is 10.7. The summed E-state index contributed by atoms with van der Waals surface area (Å²) in [6, 6.07) is 6.93. The first kappa shape index (κ1) is 24.7. The fourth-order valence-electron chi connectivity index (χ4n) is 3.86. The average Bonchev–Trinajstić information content (AvgIpc) is 2.72. The molecule has 0 spiro atoms. The van der Waals surface area contributed by atoms with Gasteiger partial charge in [0.15, 0.2) is 17.4 Å². The molecule has 0 aliphatic heterocycles. The lowest BCUT2D eigenvalue weighted by Crippen LogP contribution is -2.04. The molecule has 0 aliphatic carbocycles. The van der Waals surface area contributed by atoms with Crippen LogP contribution in [0, 0.1) is 34.9 Å². The van der Waals surface area contributed by atoms with Crippen molar-refractivity contribution in [2.24, 2.45) is 0 Å². The molecule has 0 radical (unpaired) electrons. The molecule has 0 aliphatic rings. The van der Waals surface area contributed by atoms with Gasteiger partial charge < -0.3 is 4.74 Å². The van der Waals surface area contributed by atoms with E-state index < -0.39 is 40.7 Å². The Morgan fingerprint density at radius 1 is 0.515 bits per heavy atom. The normalized spacial score (nSPS) is 11.2. The maximum absolute atomic E-state index is 14.6. The highest BCUT2D eigenvalue weighted by Crippen LogP contribution is 2.25. The van der Waals surface area contributed by atoms with Gasteiger partial charge in [0, 0.05) is 11.1 Å². The van der Waals surface area contributed by atoms with Gasteiger partial charge in [-0.2, -0.15) is 0 Å². The molecule has 0 unspecified atom stereocenters. The minimum Gasteiger partial charge on any atom is -0.491 e. The zero-order chi connectivity index (χ0) is 24.1. The molecule has 0 N–H and O–H groups in total. The second-order valence-corrected chi connectivity index (χ2v) is 7.92. The van der Waals surface area contributed by atoms with Crippen molar-refractivity contribution in [1.82, 2.24) is 0 Å². The van der Waals surface area contributed by atoms with Crippen molar-refractivity contribution in [2.45, 2.75) is 45.4 Å². The van der Waals surface area contributed by atoms with Crippen LogP contribution in [0.1, 0.15) is 41.2 Å². The molecular formula is C26H24F6O. The molecule has 176 valence electrons. The summed E-state index contributed by atoms with van der Waals surface area (Å²) in [5.41, 5.74) is 0.701. The van der Waals surface area contributed by atoms with Crippen LogP contribution in [0.25, 0.3) is 0 Å². The van der Waals surface area contributed by atoms with Crippen LogP contribution in [0.4, 0.5) is 26.3 Å². The standard InChI is InChI=1S/C26H24F6O/c1-3-4-15-9-20(27)18(21(28)10-15)7-5-16-11-22(29)19(23(30)12-16)8-6-17-13-24(31)26(33-2)25(32)14-17/h9-14H,3-8H2,1-2H3. The monoisotopic (exact) mass is 466 g/mol. The average molecular weight is 466 g/mol. The van der Waals surface area contributed by atoms with E-state index in [0.717, 1.165) is 37.8 Å². The smallest absolute Gasteiger partial charge is 0.190 e. The molecule has 0 saturated carbocycles. The summed E-state index contributed by atoms with van der Waals surface area (Å²) < 4.78 is 89.9. The largest absolute Gasteiger partial charge is 0.491 e. The maximum Gasteiger partial charge on any atom is 0.190 e. The molecule has 1 nitrogen and oxygen atoms in total. The quantitative estimate of drug-likeness (QED) is 0.307. The van der Waals surface area contributed by atoms with Gasteiger partial charge in [0.2, 0.25) is 0 Å². The molecule has 0 amide bonds. The summed E-state index contributed by atoms with van der Waals surface area (Å²) >= 11 is 0. The summed E-state index contributed by atoms with van der Waals surface area (Å²) in [6.45, 7) is 1.91. The fraction of sp³-hybridized carbons (Fsp3) is 0.308. The Morgan fingerprint density at radius 2 is 0.848 bits per heavy atom. The molecule has 0 heterocycles. The van der Waals surface area contributed by atoms with E-state index in [2.05, 4.69) is 4.74 Å². The number of hydrogen-bond acceptors (Lipinski definition) is 1. The summed E-state index contributed by atoms with van der Waals surface area (Å²) in [5.74, 6) is -5.30. The van der Waals surface area contributed by atoms with Gasteiger partial charge in [0.1, 0.15) is 23.3 Å². The van der Waals surface area contributed by atoms with Crippen molar-refractivity contribution >= 4 is 0 Å². The molecule has 7 heteroatoms. The number of aryl methyl sites for hydroxylation is 3. The van der Waals surface area contributed by atoms with E-state index in [1.54, 1.807) is 0 Å². The molecule has 3 rings (SSSR count). The number of benzene rings is 3. The van der Waals surface area contributed by atoms with E-state index >= 15 is 0 Å². The molecule has 0 atom stereocenters. The topological polar surface area (TPSA) is 9.23 Å². The highest BCUT2D eigenvalue weighted by Gasteiger charge is 2.16. The highest BCUT2D eigenvalue weighted by atomic mass is 19.2. The maximum atomic E-state index is 14.6. The molecule has 33 heavy (non-hydrogen) atoms. The Bertz CT molecular complexity index is 1070. The Balaban J connectivity index is 1.71. The van der Waals surface area contributed by atoms with Crippen molar-refractivity contribution < 1.29 is 31.1 Å². The molecule has 0 bridgehead atoms. The van der Waals surface area contributed by atoms with Crippen LogP contribution >= 0.6 is 0 Å². The zero-order valence-electron chi connectivity index (χ0n) is 18.4. The molecule has 0 aromatic heterocycles. The lowest BCUT2D eigenvalue weighted by atomic mass is 9.97. The van der Waals surface area contributed by atoms with E-state index in [1.807, 2.05) is 6.92 Å². The van der Waals surface area contributed by atoms with Gasteiger partial charge >= 0.3 is 0 Å². The van der Waals surface area contributed by atoms with Crippen molar-refractivity contribution in [1.29, 1.82) is 0 Å². The molecular weight excluding hydrogens is 442 g/mol. The minimum absolute atomic E-state index is 0.00551. The second-order valence-electron chi connectivity index (χ2n) is 7.92. The van der Waals surface area contributed by atoms with Crippen molar-refractivity contribution in [3.63, 3.8) is 0 Å². The van der Waals surface area contributed by atoms with Crippen LogP contribution in [0.2, 0.25) is 0 Å². The third-order valence-electron chi connectivity index (χ3n) is 5.53. The second kappa shape index (κ2) is 10.8. The van der Waals surface area contributed by atoms with Gasteiger partial charge in [0.25, 0.3) is 0 Å². The van der Waals surface area contributed by atoms with E-state index in [-0.39, 0.29) is 47.9 Å².